The molecular weight excluding hydrogens is 160 g/mol. The number of unbranched alkanes of at least 4 members (excludes halogenated alkanes) is 1. The third-order valence-electron chi connectivity index (χ3n) is 2.22. The molecule has 0 spiro atoms. The first-order valence-electron chi connectivity index (χ1n) is 5.29. The zero-order chi connectivity index (χ0) is 9.68. The van der Waals surface area contributed by atoms with Crippen LogP contribution in [0.4, 0.5) is 0 Å². The van der Waals surface area contributed by atoms with Gasteiger partial charge in [0.1, 0.15) is 5.76 Å². The molecule has 0 saturated carbocycles. The molecule has 0 saturated heterocycles. The molecule has 0 aliphatic carbocycles. The van der Waals surface area contributed by atoms with Gasteiger partial charge in [-0.05, 0) is 30.4 Å². The van der Waals surface area contributed by atoms with Crippen LogP contribution in [0.2, 0.25) is 0 Å². The third kappa shape index (κ3) is 3.25. The van der Waals surface area contributed by atoms with E-state index in [-0.39, 0.29) is 0 Å². The minimum absolute atomic E-state index is 0.720. The van der Waals surface area contributed by atoms with Crippen molar-refractivity contribution in [1.82, 2.24) is 0 Å². The molecule has 1 heterocycles. The summed E-state index contributed by atoms with van der Waals surface area (Å²) in [6, 6.07) is 2.12. The lowest BCUT2D eigenvalue weighted by Crippen LogP contribution is -1.96. The quantitative estimate of drug-likeness (QED) is 0.671. The number of rotatable bonds is 5. The molecule has 74 valence electrons. The molecule has 0 amide bonds. The fraction of sp³-hybridized carbons (Fsp3) is 0.667. The zero-order valence-electron chi connectivity index (χ0n) is 8.97. The van der Waals surface area contributed by atoms with Gasteiger partial charge in [0.15, 0.2) is 0 Å². The van der Waals surface area contributed by atoms with E-state index in [1.54, 1.807) is 0 Å². The lowest BCUT2D eigenvalue weighted by Gasteiger charge is -2.04. The van der Waals surface area contributed by atoms with Gasteiger partial charge in [0.05, 0.1) is 6.26 Å². The molecule has 13 heavy (non-hydrogen) atoms. The van der Waals surface area contributed by atoms with Gasteiger partial charge in [0.2, 0.25) is 0 Å². The second kappa shape index (κ2) is 5.11. The Labute approximate surface area is 81.1 Å². The van der Waals surface area contributed by atoms with Crippen molar-refractivity contribution in [3.63, 3.8) is 0 Å². The van der Waals surface area contributed by atoms with Crippen LogP contribution in [0, 0.1) is 5.92 Å². The Morgan fingerprint density at radius 1 is 1.38 bits per heavy atom. The van der Waals surface area contributed by atoms with E-state index in [2.05, 4.69) is 26.8 Å². The Morgan fingerprint density at radius 2 is 2.15 bits per heavy atom. The molecular formula is C12H20O. The molecule has 0 aromatic carbocycles. The summed E-state index contributed by atoms with van der Waals surface area (Å²) in [6.45, 7) is 6.71. The van der Waals surface area contributed by atoms with Gasteiger partial charge in [0, 0.05) is 6.42 Å². The van der Waals surface area contributed by atoms with Crippen LogP contribution in [-0.2, 0) is 12.8 Å². The van der Waals surface area contributed by atoms with Crippen LogP contribution >= 0.6 is 0 Å². The van der Waals surface area contributed by atoms with Crippen molar-refractivity contribution < 1.29 is 4.42 Å². The van der Waals surface area contributed by atoms with Gasteiger partial charge in [-0.2, -0.15) is 0 Å². The van der Waals surface area contributed by atoms with Crippen molar-refractivity contribution in [2.24, 2.45) is 5.92 Å². The molecule has 1 rings (SSSR count). The second-order valence-corrected chi connectivity index (χ2v) is 4.07. The molecule has 1 aromatic heterocycles. The summed E-state index contributed by atoms with van der Waals surface area (Å²) >= 11 is 0. The Kier molecular flexibility index (Phi) is 4.07. The van der Waals surface area contributed by atoms with Crippen molar-refractivity contribution >= 4 is 0 Å². The maximum atomic E-state index is 5.47. The minimum Gasteiger partial charge on any atom is -0.469 e. The molecule has 0 aliphatic heterocycles. The largest absolute Gasteiger partial charge is 0.469 e. The predicted molar refractivity (Wildman–Crippen MR) is 55.9 cm³/mol. The van der Waals surface area contributed by atoms with E-state index in [0.29, 0.717) is 0 Å². The first-order chi connectivity index (χ1) is 6.24. The molecule has 1 nitrogen and oxygen atoms in total. The van der Waals surface area contributed by atoms with Crippen molar-refractivity contribution in [2.45, 2.75) is 46.5 Å². The number of hydrogen-bond acceptors (Lipinski definition) is 1. The Hall–Kier alpha value is -0.720. The molecule has 1 heteroatoms. The molecule has 0 radical (unpaired) electrons. The fourth-order valence-corrected chi connectivity index (χ4v) is 1.55. The van der Waals surface area contributed by atoms with Gasteiger partial charge < -0.3 is 4.42 Å². The summed E-state index contributed by atoms with van der Waals surface area (Å²) in [4.78, 5) is 0. The number of furan rings is 1. The summed E-state index contributed by atoms with van der Waals surface area (Å²) in [7, 11) is 0. The van der Waals surface area contributed by atoms with Crippen molar-refractivity contribution in [3.05, 3.63) is 23.7 Å². The molecule has 0 aliphatic rings. The summed E-state index contributed by atoms with van der Waals surface area (Å²) in [5, 5.41) is 0. The SMILES string of the molecule is CCCCc1occc1CC(C)C. The van der Waals surface area contributed by atoms with Gasteiger partial charge >= 0.3 is 0 Å². The first-order valence-corrected chi connectivity index (χ1v) is 5.29. The van der Waals surface area contributed by atoms with E-state index >= 15 is 0 Å². The summed E-state index contributed by atoms with van der Waals surface area (Å²) < 4.78 is 5.47. The van der Waals surface area contributed by atoms with Crippen molar-refractivity contribution in [1.29, 1.82) is 0 Å². The number of hydrogen-bond donors (Lipinski definition) is 0. The molecule has 0 bridgehead atoms. The van der Waals surface area contributed by atoms with Gasteiger partial charge in [-0.3, -0.25) is 0 Å². The Balaban J connectivity index is 2.55. The molecule has 0 N–H and O–H groups in total. The van der Waals surface area contributed by atoms with Crippen LogP contribution in [0.3, 0.4) is 0 Å². The summed E-state index contributed by atoms with van der Waals surface area (Å²) in [5.74, 6) is 1.92. The standard InChI is InChI=1S/C12H20O/c1-4-5-6-12-11(7-8-13-12)9-10(2)3/h7-8,10H,4-6,9H2,1-3H3. The van der Waals surface area contributed by atoms with E-state index in [4.69, 9.17) is 4.42 Å². The maximum absolute atomic E-state index is 5.47. The van der Waals surface area contributed by atoms with Crippen LogP contribution in [0.15, 0.2) is 16.7 Å². The van der Waals surface area contributed by atoms with Crippen LogP contribution in [0.1, 0.15) is 44.9 Å². The van der Waals surface area contributed by atoms with Crippen LogP contribution < -0.4 is 0 Å². The maximum Gasteiger partial charge on any atom is 0.106 e. The van der Waals surface area contributed by atoms with Gasteiger partial charge in [-0.25, -0.2) is 0 Å². The molecule has 0 fully saturated rings. The molecule has 0 atom stereocenters. The van der Waals surface area contributed by atoms with Crippen LogP contribution in [0.25, 0.3) is 0 Å². The highest BCUT2D eigenvalue weighted by Crippen LogP contribution is 2.17. The van der Waals surface area contributed by atoms with Gasteiger partial charge in [-0.1, -0.05) is 27.2 Å². The highest BCUT2D eigenvalue weighted by atomic mass is 16.3. The first kappa shape index (κ1) is 10.4. The van der Waals surface area contributed by atoms with E-state index in [1.165, 1.54) is 24.2 Å². The summed E-state index contributed by atoms with van der Waals surface area (Å²) in [5.41, 5.74) is 1.41. The van der Waals surface area contributed by atoms with E-state index < -0.39 is 0 Å². The molecule has 1 aromatic rings. The summed E-state index contributed by atoms with van der Waals surface area (Å²) in [6.07, 6.45) is 6.55. The molecule has 0 unspecified atom stereocenters. The second-order valence-electron chi connectivity index (χ2n) is 4.07. The number of aryl methyl sites for hydroxylation is 1. The topological polar surface area (TPSA) is 13.1 Å². The Morgan fingerprint density at radius 3 is 2.77 bits per heavy atom. The smallest absolute Gasteiger partial charge is 0.106 e. The van der Waals surface area contributed by atoms with Crippen LogP contribution in [0.5, 0.6) is 0 Å². The highest BCUT2D eigenvalue weighted by molar-refractivity contribution is 5.17. The van der Waals surface area contributed by atoms with E-state index in [1.807, 2.05) is 6.26 Å². The van der Waals surface area contributed by atoms with Gasteiger partial charge in [-0.15, -0.1) is 0 Å². The van der Waals surface area contributed by atoms with Crippen LogP contribution in [-0.4, -0.2) is 0 Å². The van der Waals surface area contributed by atoms with Crippen molar-refractivity contribution in [3.8, 4) is 0 Å². The van der Waals surface area contributed by atoms with Gasteiger partial charge in [0.25, 0.3) is 0 Å². The zero-order valence-corrected chi connectivity index (χ0v) is 8.97. The average molecular weight is 180 g/mol. The lowest BCUT2D eigenvalue weighted by atomic mass is 10.0. The van der Waals surface area contributed by atoms with E-state index in [9.17, 15) is 0 Å². The minimum atomic E-state index is 0.720. The van der Waals surface area contributed by atoms with Crippen molar-refractivity contribution in [2.75, 3.05) is 0 Å². The lowest BCUT2D eigenvalue weighted by molar-refractivity contribution is 0.491. The Bertz CT molecular complexity index is 235. The highest BCUT2D eigenvalue weighted by Gasteiger charge is 2.06. The fourth-order valence-electron chi connectivity index (χ4n) is 1.55. The normalized spacial score (nSPS) is 11.1. The van der Waals surface area contributed by atoms with E-state index in [0.717, 1.165) is 18.8 Å². The monoisotopic (exact) mass is 180 g/mol. The average Bonchev–Trinajstić information content (AvgIpc) is 2.48. The predicted octanol–water partition coefficient (Wildman–Crippen LogP) is 3.82. The third-order valence-corrected chi connectivity index (χ3v) is 2.22.